The Kier molecular flexibility index (Phi) is 6.39. The molecule has 0 fully saturated rings. The van der Waals surface area contributed by atoms with Crippen molar-refractivity contribution in [3.8, 4) is 0 Å². The summed E-state index contributed by atoms with van der Waals surface area (Å²) in [7, 11) is 4.00. The second-order valence-electron chi connectivity index (χ2n) is 6.21. The van der Waals surface area contributed by atoms with E-state index in [9.17, 15) is 9.59 Å². The minimum absolute atomic E-state index is 0.130. The summed E-state index contributed by atoms with van der Waals surface area (Å²) < 4.78 is 0. The van der Waals surface area contributed by atoms with Gasteiger partial charge in [-0.3, -0.25) is 9.59 Å². The fraction of sp³-hybridized carbons (Fsp3) is 0.200. The second-order valence-corrected chi connectivity index (χ2v) is 8.14. The number of benzene rings is 1. The quantitative estimate of drug-likeness (QED) is 0.629. The molecule has 1 unspecified atom stereocenters. The van der Waals surface area contributed by atoms with Crippen molar-refractivity contribution in [2.24, 2.45) is 0 Å². The van der Waals surface area contributed by atoms with Gasteiger partial charge in [0.2, 0.25) is 0 Å². The van der Waals surface area contributed by atoms with E-state index in [0.29, 0.717) is 22.7 Å². The first-order valence-electron chi connectivity index (χ1n) is 8.47. The summed E-state index contributed by atoms with van der Waals surface area (Å²) in [6, 6.07) is 14.8. The van der Waals surface area contributed by atoms with Gasteiger partial charge in [-0.1, -0.05) is 12.1 Å². The maximum absolute atomic E-state index is 12.4. The van der Waals surface area contributed by atoms with Crippen LogP contribution in [0.1, 0.15) is 30.9 Å². The lowest BCUT2D eigenvalue weighted by molar-refractivity contribution is 0.0941. The summed E-state index contributed by atoms with van der Waals surface area (Å²) in [6.45, 7) is 0.531. The zero-order chi connectivity index (χ0) is 19.2. The Balaban J connectivity index is 1.58. The number of carbonyl (C=O) groups is 2. The fourth-order valence-corrected chi connectivity index (χ4v) is 4.16. The minimum Gasteiger partial charge on any atom is -0.350 e. The molecule has 2 N–H and O–H groups in total. The monoisotopic (exact) mass is 399 g/mol. The van der Waals surface area contributed by atoms with E-state index in [-0.39, 0.29) is 17.9 Å². The summed E-state index contributed by atoms with van der Waals surface area (Å²) in [5.74, 6) is -0.276. The number of likely N-dealkylation sites (N-methyl/N-ethyl adjacent to an activating group) is 1. The van der Waals surface area contributed by atoms with E-state index >= 15 is 0 Å². The van der Waals surface area contributed by atoms with Crippen molar-refractivity contribution in [3.63, 3.8) is 0 Å². The van der Waals surface area contributed by atoms with Crippen LogP contribution in [0.2, 0.25) is 0 Å². The molecule has 7 heteroatoms. The highest BCUT2D eigenvalue weighted by atomic mass is 32.1. The molecule has 3 aromatic rings. The number of amides is 2. The molecule has 5 nitrogen and oxygen atoms in total. The van der Waals surface area contributed by atoms with Crippen LogP contribution in [-0.4, -0.2) is 37.4 Å². The molecule has 0 spiro atoms. The Bertz CT molecular complexity index is 873. The topological polar surface area (TPSA) is 61.4 Å². The molecular weight excluding hydrogens is 378 g/mol. The first-order valence-corrected chi connectivity index (χ1v) is 10.2. The highest BCUT2D eigenvalue weighted by Crippen LogP contribution is 2.22. The third-order valence-electron chi connectivity index (χ3n) is 4.10. The Labute approximate surface area is 166 Å². The van der Waals surface area contributed by atoms with Crippen LogP contribution >= 0.6 is 22.7 Å². The van der Waals surface area contributed by atoms with Crippen molar-refractivity contribution in [3.05, 3.63) is 74.6 Å². The molecule has 3 rings (SSSR count). The smallest absolute Gasteiger partial charge is 0.265 e. The molecule has 0 saturated carbocycles. The van der Waals surface area contributed by atoms with Gasteiger partial charge >= 0.3 is 0 Å². The number of rotatable bonds is 7. The molecule has 0 aliphatic rings. The molecule has 1 atom stereocenters. The zero-order valence-electron chi connectivity index (χ0n) is 15.1. The summed E-state index contributed by atoms with van der Waals surface area (Å²) in [5.41, 5.74) is 1.22. The van der Waals surface area contributed by atoms with Gasteiger partial charge in [-0.15, -0.1) is 22.7 Å². The van der Waals surface area contributed by atoms with Gasteiger partial charge in [-0.25, -0.2) is 0 Å². The molecule has 140 valence electrons. The first kappa shape index (κ1) is 19.3. The van der Waals surface area contributed by atoms with Crippen LogP contribution in [0.4, 0.5) is 5.69 Å². The molecular formula is C20H21N3O2S2. The molecule has 0 aliphatic carbocycles. The van der Waals surface area contributed by atoms with Crippen molar-refractivity contribution >= 4 is 40.2 Å². The number of thiophene rings is 2. The fourth-order valence-electron chi connectivity index (χ4n) is 2.62. The van der Waals surface area contributed by atoms with Gasteiger partial charge in [0.1, 0.15) is 0 Å². The lowest BCUT2D eigenvalue weighted by atomic mass is 10.1. The standard InChI is InChI=1S/C20H21N3O2S2/c1-23(2)16(17-5-3-11-26-17)13-21-19(24)14-7-9-15(10-8-14)22-20(25)18-6-4-12-27-18/h3-12,16H,13H2,1-2H3,(H,21,24)(H,22,25). The zero-order valence-corrected chi connectivity index (χ0v) is 16.8. The van der Waals surface area contributed by atoms with Crippen molar-refractivity contribution in [2.75, 3.05) is 26.0 Å². The molecule has 2 aromatic heterocycles. The van der Waals surface area contributed by atoms with Gasteiger partial charge in [0, 0.05) is 22.7 Å². The van der Waals surface area contributed by atoms with Gasteiger partial charge in [-0.05, 0) is 61.3 Å². The highest BCUT2D eigenvalue weighted by Gasteiger charge is 2.17. The Morgan fingerprint density at radius 1 is 0.963 bits per heavy atom. The SMILES string of the molecule is CN(C)C(CNC(=O)c1ccc(NC(=O)c2cccs2)cc1)c1cccs1. The van der Waals surface area contributed by atoms with Crippen molar-refractivity contribution in [1.82, 2.24) is 10.2 Å². The maximum Gasteiger partial charge on any atom is 0.265 e. The van der Waals surface area contributed by atoms with E-state index < -0.39 is 0 Å². The Morgan fingerprint density at radius 3 is 2.26 bits per heavy atom. The van der Waals surface area contributed by atoms with Crippen LogP contribution in [0.15, 0.2) is 59.3 Å². The van der Waals surface area contributed by atoms with Gasteiger partial charge in [0.05, 0.1) is 10.9 Å². The average Bonchev–Trinajstić information content (AvgIpc) is 3.36. The number of nitrogens with zero attached hydrogens (tertiary/aromatic N) is 1. The molecule has 27 heavy (non-hydrogen) atoms. The predicted molar refractivity (Wildman–Crippen MR) is 112 cm³/mol. The lowest BCUT2D eigenvalue weighted by Crippen LogP contribution is -2.34. The lowest BCUT2D eigenvalue weighted by Gasteiger charge is -2.23. The van der Waals surface area contributed by atoms with Crippen LogP contribution in [0.3, 0.4) is 0 Å². The predicted octanol–water partition coefficient (Wildman–Crippen LogP) is 4.09. The molecule has 2 amide bonds. The molecule has 0 bridgehead atoms. The van der Waals surface area contributed by atoms with Crippen molar-refractivity contribution < 1.29 is 9.59 Å². The maximum atomic E-state index is 12.4. The highest BCUT2D eigenvalue weighted by molar-refractivity contribution is 7.12. The molecule has 1 aromatic carbocycles. The Hall–Kier alpha value is -2.48. The van der Waals surface area contributed by atoms with Crippen LogP contribution in [0, 0.1) is 0 Å². The number of carbonyl (C=O) groups excluding carboxylic acids is 2. The second kappa shape index (κ2) is 8.94. The summed E-state index contributed by atoms with van der Waals surface area (Å²) in [5, 5.41) is 9.72. The number of nitrogens with one attached hydrogen (secondary N) is 2. The third kappa shape index (κ3) is 5.03. The van der Waals surface area contributed by atoms with E-state index in [1.165, 1.54) is 16.2 Å². The molecule has 0 saturated heterocycles. The molecule has 0 radical (unpaired) electrons. The first-order chi connectivity index (χ1) is 13.0. The average molecular weight is 400 g/mol. The van der Waals surface area contributed by atoms with Gasteiger partial charge < -0.3 is 15.5 Å². The van der Waals surface area contributed by atoms with Gasteiger partial charge in [0.25, 0.3) is 11.8 Å². The van der Waals surface area contributed by atoms with Gasteiger partial charge in [0.15, 0.2) is 0 Å². The normalized spacial score (nSPS) is 12.0. The van der Waals surface area contributed by atoms with Crippen LogP contribution in [-0.2, 0) is 0 Å². The summed E-state index contributed by atoms with van der Waals surface area (Å²) >= 11 is 3.07. The van der Waals surface area contributed by atoms with Crippen LogP contribution in [0.25, 0.3) is 0 Å². The van der Waals surface area contributed by atoms with E-state index in [4.69, 9.17) is 0 Å². The molecule has 2 heterocycles. The number of hydrogen-bond acceptors (Lipinski definition) is 5. The van der Waals surface area contributed by atoms with Gasteiger partial charge in [-0.2, -0.15) is 0 Å². The Morgan fingerprint density at radius 2 is 1.67 bits per heavy atom. The van der Waals surface area contributed by atoms with Crippen molar-refractivity contribution in [1.29, 1.82) is 0 Å². The van der Waals surface area contributed by atoms with E-state index in [1.807, 2.05) is 37.0 Å². The number of hydrogen-bond donors (Lipinski definition) is 2. The van der Waals surface area contributed by atoms with Crippen LogP contribution < -0.4 is 10.6 Å². The van der Waals surface area contributed by atoms with E-state index in [2.05, 4.69) is 21.6 Å². The number of anilines is 1. The largest absolute Gasteiger partial charge is 0.350 e. The van der Waals surface area contributed by atoms with E-state index in [0.717, 1.165) is 0 Å². The summed E-state index contributed by atoms with van der Waals surface area (Å²) in [4.78, 5) is 28.5. The van der Waals surface area contributed by atoms with Crippen LogP contribution in [0.5, 0.6) is 0 Å². The minimum atomic E-state index is -0.146. The molecule has 0 aliphatic heterocycles. The van der Waals surface area contributed by atoms with Crippen molar-refractivity contribution in [2.45, 2.75) is 6.04 Å². The third-order valence-corrected chi connectivity index (χ3v) is 5.94. The van der Waals surface area contributed by atoms with E-state index in [1.54, 1.807) is 41.7 Å². The summed E-state index contributed by atoms with van der Waals surface area (Å²) in [6.07, 6.45) is 0.